The Bertz CT molecular complexity index is 883. The average Bonchev–Trinajstić information content (AvgIpc) is 3.23. The third kappa shape index (κ3) is 3.01. The van der Waals surface area contributed by atoms with Gasteiger partial charge >= 0.3 is 0 Å². The molecular weight excluding hydrogens is 322 g/mol. The Morgan fingerprint density at radius 2 is 2.08 bits per heavy atom. The first-order valence-corrected chi connectivity index (χ1v) is 8.19. The maximum Gasteiger partial charge on any atom is 0.244 e. The summed E-state index contributed by atoms with van der Waals surface area (Å²) in [5.41, 5.74) is 2.16. The van der Waals surface area contributed by atoms with Crippen molar-refractivity contribution in [2.75, 3.05) is 13.2 Å². The number of nitrogens with zero attached hydrogens (tertiary/aromatic N) is 5. The minimum atomic E-state index is -0.987. The van der Waals surface area contributed by atoms with Gasteiger partial charge in [-0.1, -0.05) is 18.2 Å². The van der Waals surface area contributed by atoms with Crippen LogP contribution < -0.4 is 0 Å². The van der Waals surface area contributed by atoms with Crippen LogP contribution in [0.2, 0.25) is 0 Å². The molecule has 0 aliphatic carbocycles. The number of carbonyl (C=O) groups excluding carboxylic acids is 1. The van der Waals surface area contributed by atoms with Crippen LogP contribution in [0.3, 0.4) is 0 Å². The first kappa shape index (κ1) is 15.8. The fourth-order valence-electron chi connectivity index (χ4n) is 3.09. The van der Waals surface area contributed by atoms with Crippen LogP contribution in [-0.4, -0.2) is 53.7 Å². The Morgan fingerprint density at radius 1 is 1.24 bits per heavy atom. The fraction of sp³-hybridized carbons (Fsp3) is 0.353. The van der Waals surface area contributed by atoms with Gasteiger partial charge in [0.2, 0.25) is 5.91 Å². The van der Waals surface area contributed by atoms with Gasteiger partial charge in [-0.2, -0.15) is 10.2 Å². The number of carbonyl (C=O) groups is 1. The molecule has 2 N–H and O–H groups in total. The molecule has 25 heavy (non-hydrogen) atoms. The third-order valence-electron chi connectivity index (χ3n) is 4.44. The van der Waals surface area contributed by atoms with Gasteiger partial charge in [-0.05, 0) is 12.1 Å². The predicted molar refractivity (Wildman–Crippen MR) is 89.4 cm³/mol. The summed E-state index contributed by atoms with van der Waals surface area (Å²) in [5, 5.41) is 28.4. The smallest absolute Gasteiger partial charge is 0.244 e. The van der Waals surface area contributed by atoms with Crippen LogP contribution in [0.5, 0.6) is 0 Å². The zero-order valence-corrected chi connectivity index (χ0v) is 13.6. The van der Waals surface area contributed by atoms with Gasteiger partial charge in [-0.3, -0.25) is 14.2 Å². The molecule has 2 aromatic heterocycles. The second-order valence-electron chi connectivity index (χ2n) is 6.18. The number of aliphatic hydroxyl groups is 2. The normalized spacial score (nSPS) is 15.4. The van der Waals surface area contributed by atoms with E-state index in [2.05, 4.69) is 10.2 Å². The maximum atomic E-state index is 12.6. The van der Waals surface area contributed by atoms with Crippen LogP contribution >= 0.6 is 0 Å². The van der Waals surface area contributed by atoms with Crippen molar-refractivity contribution in [1.29, 1.82) is 0 Å². The molecule has 1 atom stereocenters. The van der Waals surface area contributed by atoms with Crippen LogP contribution in [0, 0.1) is 0 Å². The summed E-state index contributed by atoms with van der Waals surface area (Å²) < 4.78 is 3.44. The summed E-state index contributed by atoms with van der Waals surface area (Å²) >= 11 is 0. The lowest BCUT2D eigenvalue weighted by Crippen LogP contribution is -2.40. The SMILES string of the molecule is O=C(Cn1cc2ccccc2n1)N1CCn2nc(C(O)CO)cc2C1. The molecule has 1 unspecified atom stereocenters. The first-order valence-electron chi connectivity index (χ1n) is 8.19. The lowest BCUT2D eigenvalue weighted by Gasteiger charge is -2.27. The zero-order chi connectivity index (χ0) is 17.4. The molecule has 0 saturated heterocycles. The monoisotopic (exact) mass is 341 g/mol. The maximum absolute atomic E-state index is 12.6. The lowest BCUT2D eigenvalue weighted by atomic mass is 10.2. The van der Waals surface area contributed by atoms with Crippen LogP contribution in [0.15, 0.2) is 36.5 Å². The molecule has 0 fully saturated rings. The summed E-state index contributed by atoms with van der Waals surface area (Å²) in [7, 11) is 0. The zero-order valence-electron chi connectivity index (χ0n) is 13.6. The summed E-state index contributed by atoms with van der Waals surface area (Å²) in [5.74, 6) is -0.00971. The number of aliphatic hydroxyl groups excluding tert-OH is 2. The van der Waals surface area contributed by atoms with Crippen molar-refractivity contribution < 1.29 is 15.0 Å². The Hall–Kier alpha value is -2.71. The van der Waals surface area contributed by atoms with Crippen LogP contribution in [0.1, 0.15) is 17.5 Å². The van der Waals surface area contributed by atoms with E-state index in [9.17, 15) is 9.90 Å². The van der Waals surface area contributed by atoms with Crippen LogP contribution in [-0.2, 0) is 24.4 Å². The molecule has 1 aromatic carbocycles. The van der Waals surface area contributed by atoms with Gasteiger partial charge in [-0.25, -0.2) is 0 Å². The highest BCUT2D eigenvalue weighted by molar-refractivity contribution is 5.79. The number of amides is 1. The molecule has 130 valence electrons. The molecule has 3 aromatic rings. The highest BCUT2D eigenvalue weighted by Crippen LogP contribution is 2.18. The van der Waals surface area contributed by atoms with E-state index in [1.165, 1.54) is 0 Å². The van der Waals surface area contributed by atoms with Crippen LogP contribution in [0.25, 0.3) is 10.9 Å². The summed E-state index contributed by atoms with van der Waals surface area (Å²) in [6.07, 6.45) is 0.885. The second-order valence-corrected chi connectivity index (χ2v) is 6.18. The van der Waals surface area contributed by atoms with Crippen molar-refractivity contribution in [1.82, 2.24) is 24.5 Å². The molecule has 4 rings (SSSR count). The molecule has 8 nitrogen and oxygen atoms in total. The van der Waals surface area contributed by atoms with E-state index < -0.39 is 6.10 Å². The van der Waals surface area contributed by atoms with E-state index in [1.807, 2.05) is 30.5 Å². The molecule has 1 amide bonds. The Morgan fingerprint density at radius 3 is 2.88 bits per heavy atom. The summed E-state index contributed by atoms with van der Waals surface area (Å²) in [6, 6.07) is 9.50. The van der Waals surface area contributed by atoms with E-state index in [0.717, 1.165) is 16.6 Å². The minimum Gasteiger partial charge on any atom is -0.393 e. The van der Waals surface area contributed by atoms with Gasteiger partial charge in [0, 0.05) is 18.1 Å². The van der Waals surface area contributed by atoms with E-state index in [-0.39, 0.29) is 19.1 Å². The second kappa shape index (κ2) is 6.30. The van der Waals surface area contributed by atoms with Gasteiger partial charge in [0.1, 0.15) is 12.6 Å². The van der Waals surface area contributed by atoms with Crippen molar-refractivity contribution in [2.45, 2.75) is 25.7 Å². The number of hydrogen-bond acceptors (Lipinski definition) is 5. The van der Waals surface area contributed by atoms with Gasteiger partial charge in [0.15, 0.2) is 0 Å². The molecule has 1 aliphatic heterocycles. The number of fused-ring (bicyclic) bond motifs is 2. The van der Waals surface area contributed by atoms with E-state index >= 15 is 0 Å². The highest BCUT2D eigenvalue weighted by atomic mass is 16.3. The molecule has 0 radical (unpaired) electrons. The van der Waals surface area contributed by atoms with Crippen molar-refractivity contribution in [2.24, 2.45) is 0 Å². The van der Waals surface area contributed by atoms with Crippen molar-refractivity contribution >= 4 is 16.8 Å². The number of hydrogen-bond donors (Lipinski definition) is 2. The Kier molecular flexibility index (Phi) is 3.98. The number of benzene rings is 1. The average molecular weight is 341 g/mol. The van der Waals surface area contributed by atoms with E-state index in [1.54, 1.807) is 20.3 Å². The topological polar surface area (TPSA) is 96.4 Å². The molecule has 0 spiro atoms. The van der Waals surface area contributed by atoms with Gasteiger partial charge in [-0.15, -0.1) is 0 Å². The third-order valence-corrected chi connectivity index (χ3v) is 4.44. The van der Waals surface area contributed by atoms with Crippen LogP contribution in [0.4, 0.5) is 0 Å². The quantitative estimate of drug-likeness (QED) is 0.711. The molecule has 0 saturated carbocycles. The Balaban J connectivity index is 1.47. The molecule has 8 heteroatoms. The van der Waals surface area contributed by atoms with E-state index in [4.69, 9.17) is 5.11 Å². The van der Waals surface area contributed by atoms with Gasteiger partial charge in [0.05, 0.1) is 36.6 Å². The van der Waals surface area contributed by atoms with Gasteiger partial charge in [0.25, 0.3) is 0 Å². The highest BCUT2D eigenvalue weighted by Gasteiger charge is 2.24. The fourth-order valence-corrected chi connectivity index (χ4v) is 3.09. The number of aromatic nitrogens is 4. The Labute approximate surface area is 143 Å². The molecule has 0 bridgehead atoms. The largest absolute Gasteiger partial charge is 0.393 e. The molecule has 3 heterocycles. The number of rotatable bonds is 4. The van der Waals surface area contributed by atoms with Crippen molar-refractivity contribution in [3.63, 3.8) is 0 Å². The van der Waals surface area contributed by atoms with Gasteiger partial charge < -0.3 is 15.1 Å². The van der Waals surface area contributed by atoms with E-state index in [0.29, 0.717) is 25.3 Å². The minimum absolute atomic E-state index is 0.00971. The first-order chi connectivity index (χ1) is 12.1. The molecule has 1 aliphatic rings. The molecular formula is C17H19N5O3. The van der Waals surface area contributed by atoms with Crippen molar-refractivity contribution in [3.8, 4) is 0 Å². The van der Waals surface area contributed by atoms with Crippen molar-refractivity contribution in [3.05, 3.63) is 47.9 Å². The summed E-state index contributed by atoms with van der Waals surface area (Å²) in [6.45, 7) is 1.38. The standard InChI is InChI=1S/C17H19N5O3/c23-11-16(24)15-7-13-9-20(5-6-22(13)19-15)17(25)10-21-8-12-3-1-2-4-14(12)18-21/h1-4,7-8,16,23-24H,5-6,9-11H2. The lowest BCUT2D eigenvalue weighted by molar-refractivity contribution is -0.133. The summed E-state index contributed by atoms with van der Waals surface area (Å²) in [4.78, 5) is 14.4. The predicted octanol–water partition coefficient (Wildman–Crippen LogP) is 0.301.